The van der Waals surface area contributed by atoms with E-state index in [0.29, 0.717) is 15.9 Å². The van der Waals surface area contributed by atoms with Crippen molar-refractivity contribution < 1.29 is 9.59 Å². The van der Waals surface area contributed by atoms with E-state index in [2.05, 4.69) is 20.8 Å². The van der Waals surface area contributed by atoms with Crippen LogP contribution >= 0.6 is 23.1 Å². The van der Waals surface area contributed by atoms with Gasteiger partial charge in [-0.05, 0) is 31.9 Å². The Balaban J connectivity index is 1.83. The van der Waals surface area contributed by atoms with E-state index in [1.165, 1.54) is 11.3 Å². The van der Waals surface area contributed by atoms with Crippen molar-refractivity contribution in [2.45, 2.75) is 32.3 Å². The van der Waals surface area contributed by atoms with Crippen molar-refractivity contribution in [1.29, 1.82) is 0 Å². The third kappa shape index (κ3) is 4.93. The summed E-state index contributed by atoms with van der Waals surface area (Å²) < 4.78 is 0. The lowest BCUT2D eigenvalue weighted by Gasteiger charge is -2.06. The Bertz CT molecular complexity index is 740. The molecule has 0 radical (unpaired) electrons. The van der Waals surface area contributed by atoms with Crippen LogP contribution in [-0.4, -0.2) is 27.5 Å². The summed E-state index contributed by atoms with van der Waals surface area (Å²) in [4.78, 5) is 33.8. The number of aryl methyl sites for hydroxylation is 3. The standard InChI is InChI=1S/C15H19N5O2S2/c1-4-10-8(2)5-11(24-10)14(22)20-19-13(21)7-23-15-17-9(3)6-12(16)18-15/h5-6H,4,7H2,1-3H3,(H,19,21)(H,20,22)(H2,16,17,18). The minimum Gasteiger partial charge on any atom is -0.384 e. The Morgan fingerprint density at radius 2 is 2.00 bits per heavy atom. The Labute approximate surface area is 148 Å². The highest BCUT2D eigenvalue weighted by molar-refractivity contribution is 7.99. The molecule has 9 heteroatoms. The number of rotatable bonds is 5. The number of aromatic nitrogens is 2. The lowest BCUT2D eigenvalue weighted by atomic mass is 10.2. The highest BCUT2D eigenvalue weighted by atomic mass is 32.2. The van der Waals surface area contributed by atoms with Crippen molar-refractivity contribution in [1.82, 2.24) is 20.8 Å². The largest absolute Gasteiger partial charge is 0.384 e. The molecule has 0 aromatic carbocycles. The van der Waals surface area contributed by atoms with Crippen molar-refractivity contribution >= 4 is 40.7 Å². The fourth-order valence-electron chi connectivity index (χ4n) is 1.97. The number of nitrogens with zero attached hydrogens (tertiary/aromatic N) is 2. The van der Waals surface area contributed by atoms with Gasteiger partial charge in [-0.15, -0.1) is 11.3 Å². The molecular formula is C15H19N5O2S2. The molecule has 128 valence electrons. The van der Waals surface area contributed by atoms with Gasteiger partial charge in [-0.3, -0.25) is 20.4 Å². The number of hydrogen-bond acceptors (Lipinski definition) is 7. The molecule has 2 aromatic heterocycles. The number of anilines is 1. The van der Waals surface area contributed by atoms with Crippen LogP contribution in [0.15, 0.2) is 17.3 Å². The summed E-state index contributed by atoms with van der Waals surface area (Å²) in [6.45, 7) is 5.81. The van der Waals surface area contributed by atoms with Crippen LogP contribution in [0.25, 0.3) is 0 Å². The first-order chi connectivity index (χ1) is 11.4. The van der Waals surface area contributed by atoms with Gasteiger partial charge in [0.25, 0.3) is 5.91 Å². The SMILES string of the molecule is CCc1sc(C(=O)NNC(=O)CSc2nc(C)cc(N)n2)cc1C. The van der Waals surface area contributed by atoms with Gasteiger partial charge in [-0.2, -0.15) is 0 Å². The molecule has 4 N–H and O–H groups in total. The minimum atomic E-state index is -0.346. The fraction of sp³-hybridized carbons (Fsp3) is 0.333. The highest BCUT2D eigenvalue weighted by Crippen LogP contribution is 2.22. The number of thiophene rings is 1. The molecule has 2 aromatic rings. The lowest BCUT2D eigenvalue weighted by Crippen LogP contribution is -2.42. The number of hydrogen-bond donors (Lipinski definition) is 3. The lowest BCUT2D eigenvalue weighted by molar-refractivity contribution is -0.119. The van der Waals surface area contributed by atoms with Gasteiger partial charge < -0.3 is 5.73 Å². The van der Waals surface area contributed by atoms with Gasteiger partial charge >= 0.3 is 0 Å². The van der Waals surface area contributed by atoms with Crippen molar-refractivity contribution in [2.75, 3.05) is 11.5 Å². The first-order valence-electron chi connectivity index (χ1n) is 7.31. The molecular weight excluding hydrogens is 346 g/mol. The van der Waals surface area contributed by atoms with Gasteiger partial charge in [0.2, 0.25) is 5.91 Å². The van der Waals surface area contributed by atoms with E-state index < -0.39 is 0 Å². The summed E-state index contributed by atoms with van der Waals surface area (Å²) in [7, 11) is 0. The van der Waals surface area contributed by atoms with E-state index >= 15 is 0 Å². The molecule has 24 heavy (non-hydrogen) atoms. The average Bonchev–Trinajstić information content (AvgIpc) is 2.90. The number of nitrogens with one attached hydrogen (secondary N) is 2. The summed E-state index contributed by atoms with van der Waals surface area (Å²) in [5, 5.41) is 0.426. The van der Waals surface area contributed by atoms with Crippen LogP contribution in [0.4, 0.5) is 5.82 Å². The molecule has 0 spiro atoms. The second-order valence-corrected chi connectivity index (χ2v) is 7.16. The highest BCUT2D eigenvalue weighted by Gasteiger charge is 2.13. The number of amides is 2. The van der Waals surface area contributed by atoms with Crippen LogP contribution in [0, 0.1) is 13.8 Å². The number of thioether (sulfide) groups is 1. The third-order valence-corrected chi connectivity index (χ3v) is 5.29. The molecule has 0 fully saturated rings. The molecule has 2 rings (SSSR count). The molecule has 0 saturated heterocycles. The summed E-state index contributed by atoms with van der Waals surface area (Å²) in [5.41, 5.74) is 12.3. The molecule has 0 aliphatic carbocycles. The van der Waals surface area contributed by atoms with Crippen LogP contribution in [0.3, 0.4) is 0 Å². The number of nitrogens with two attached hydrogens (primary N) is 1. The number of carbonyl (C=O) groups is 2. The third-order valence-electron chi connectivity index (χ3n) is 3.07. The van der Waals surface area contributed by atoms with Gasteiger partial charge in [0, 0.05) is 16.6 Å². The van der Waals surface area contributed by atoms with E-state index in [0.717, 1.165) is 34.3 Å². The summed E-state index contributed by atoms with van der Waals surface area (Å²) in [6.07, 6.45) is 0.881. The molecule has 0 unspecified atom stereocenters. The normalized spacial score (nSPS) is 10.5. The van der Waals surface area contributed by atoms with E-state index in [1.54, 1.807) is 13.0 Å². The van der Waals surface area contributed by atoms with Crippen molar-refractivity contribution in [3.05, 3.63) is 33.1 Å². The molecule has 0 aliphatic heterocycles. The van der Waals surface area contributed by atoms with Crippen LogP contribution in [0.1, 0.15) is 32.7 Å². The number of carbonyl (C=O) groups excluding carboxylic acids is 2. The summed E-state index contributed by atoms with van der Waals surface area (Å²) in [5.74, 6) is -0.232. The average molecular weight is 365 g/mol. The van der Waals surface area contributed by atoms with Gasteiger partial charge in [-0.25, -0.2) is 9.97 Å². The van der Waals surface area contributed by atoms with Gasteiger partial charge in [0.05, 0.1) is 10.6 Å². The summed E-state index contributed by atoms with van der Waals surface area (Å²) >= 11 is 2.58. The molecule has 2 amide bonds. The van der Waals surface area contributed by atoms with Crippen LogP contribution in [0.2, 0.25) is 0 Å². The first kappa shape index (κ1) is 18.2. The monoisotopic (exact) mass is 365 g/mol. The smallest absolute Gasteiger partial charge is 0.279 e. The van der Waals surface area contributed by atoms with E-state index in [9.17, 15) is 9.59 Å². The maximum Gasteiger partial charge on any atom is 0.279 e. The molecule has 0 atom stereocenters. The van der Waals surface area contributed by atoms with Crippen molar-refractivity contribution in [3.63, 3.8) is 0 Å². The first-order valence-corrected chi connectivity index (χ1v) is 9.11. The van der Waals surface area contributed by atoms with E-state index in [1.807, 2.05) is 19.9 Å². The van der Waals surface area contributed by atoms with Crippen LogP contribution < -0.4 is 16.6 Å². The summed E-state index contributed by atoms with van der Waals surface area (Å²) in [6, 6.07) is 3.47. The Morgan fingerprint density at radius 1 is 1.25 bits per heavy atom. The second kappa shape index (κ2) is 8.11. The van der Waals surface area contributed by atoms with E-state index in [-0.39, 0.29) is 17.6 Å². The Morgan fingerprint density at radius 3 is 2.62 bits per heavy atom. The van der Waals surface area contributed by atoms with E-state index in [4.69, 9.17) is 5.73 Å². The molecule has 0 aliphatic rings. The maximum absolute atomic E-state index is 12.0. The van der Waals surface area contributed by atoms with Crippen LogP contribution in [-0.2, 0) is 11.2 Å². The molecule has 0 bridgehead atoms. The van der Waals surface area contributed by atoms with Gasteiger partial charge in [0.15, 0.2) is 5.16 Å². The quantitative estimate of drug-likeness (QED) is 0.424. The maximum atomic E-state index is 12.0. The van der Waals surface area contributed by atoms with Crippen molar-refractivity contribution in [3.8, 4) is 0 Å². The number of nitrogen functional groups attached to an aromatic ring is 1. The Hall–Kier alpha value is -2.13. The molecule has 7 nitrogen and oxygen atoms in total. The van der Waals surface area contributed by atoms with Crippen molar-refractivity contribution in [2.24, 2.45) is 0 Å². The number of hydrazine groups is 1. The van der Waals surface area contributed by atoms with Crippen LogP contribution in [0.5, 0.6) is 0 Å². The predicted molar refractivity (Wildman–Crippen MR) is 95.9 cm³/mol. The zero-order valence-electron chi connectivity index (χ0n) is 13.7. The Kier molecular flexibility index (Phi) is 6.16. The van der Waals surface area contributed by atoms with Gasteiger partial charge in [-0.1, -0.05) is 18.7 Å². The topological polar surface area (TPSA) is 110 Å². The zero-order chi connectivity index (χ0) is 17.7. The zero-order valence-corrected chi connectivity index (χ0v) is 15.3. The predicted octanol–water partition coefficient (Wildman–Crippen LogP) is 1.85. The molecule has 2 heterocycles. The second-order valence-electron chi connectivity index (χ2n) is 5.08. The fourth-order valence-corrected chi connectivity index (χ4v) is 3.69. The minimum absolute atomic E-state index is 0.0762. The molecule has 0 saturated carbocycles. The van der Waals surface area contributed by atoms with Gasteiger partial charge in [0.1, 0.15) is 5.82 Å².